The van der Waals surface area contributed by atoms with Crippen molar-refractivity contribution in [1.29, 1.82) is 10.5 Å². The van der Waals surface area contributed by atoms with Gasteiger partial charge in [-0.15, -0.1) is 22.7 Å². The number of hydrogen-bond acceptors (Lipinski definition) is 8. The predicted molar refractivity (Wildman–Crippen MR) is 153 cm³/mol. The fourth-order valence-corrected chi connectivity index (χ4v) is 12.3. The summed E-state index contributed by atoms with van der Waals surface area (Å²) < 4.78 is 0. The number of carbonyl (C=O) groups excluding carboxylic acids is 4. The van der Waals surface area contributed by atoms with Crippen LogP contribution in [0.25, 0.3) is 0 Å². The van der Waals surface area contributed by atoms with Gasteiger partial charge in [-0.25, -0.2) is 9.80 Å². The molecule has 2 saturated heterocycles. The summed E-state index contributed by atoms with van der Waals surface area (Å²) in [6.45, 7) is 0. The van der Waals surface area contributed by atoms with Gasteiger partial charge in [-0.1, -0.05) is 12.2 Å². The number of rotatable bonds is 2. The van der Waals surface area contributed by atoms with Crippen LogP contribution in [0.3, 0.4) is 0 Å². The summed E-state index contributed by atoms with van der Waals surface area (Å²) in [5.41, 5.74) is 2.90. The molecular weight excluding hydrogens is 569 g/mol. The molecule has 210 valence electrons. The number of nitriles is 2. The van der Waals surface area contributed by atoms with Crippen molar-refractivity contribution in [2.24, 2.45) is 47.3 Å². The van der Waals surface area contributed by atoms with E-state index < -0.39 is 23.7 Å². The smallest absolute Gasteiger partial charge is 0.239 e. The first-order valence-electron chi connectivity index (χ1n) is 15.0. The molecule has 4 amide bonds. The fourth-order valence-electron chi connectivity index (χ4n) is 9.65. The van der Waals surface area contributed by atoms with E-state index >= 15 is 0 Å². The van der Waals surface area contributed by atoms with Crippen molar-refractivity contribution in [3.05, 3.63) is 44.2 Å². The third-order valence-corrected chi connectivity index (χ3v) is 13.8. The van der Waals surface area contributed by atoms with Crippen LogP contribution in [0.15, 0.2) is 12.2 Å². The van der Waals surface area contributed by atoms with Crippen LogP contribution in [0.4, 0.5) is 10.0 Å². The summed E-state index contributed by atoms with van der Waals surface area (Å²) in [4.78, 5) is 60.9. The van der Waals surface area contributed by atoms with Crippen LogP contribution >= 0.6 is 22.7 Å². The van der Waals surface area contributed by atoms with Crippen LogP contribution in [0.5, 0.6) is 0 Å². The second-order valence-electron chi connectivity index (χ2n) is 12.8. The summed E-state index contributed by atoms with van der Waals surface area (Å²) in [5.74, 6) is -4.28. The molecule has 0 spiro atoms. The van der Waals surface area contributed by atoms with Crippen molar-refractivity contribution in [2.75, 3.05) is 9.80 Å². The zero-order valence-electron chi connectivity index (χ0n) is 22.7. The van der Waals surface area contributed by atoms with E-state index in [0.717, 1.165) is 72.2 Å². The van der Waals surface area contributed by atoms with Crippen molar-refractivity contribution in [1.82, 2.24) is 0 Å². The SMILES string of the molecule is N#Cc1c(N2C(=O)[C@@H]3[C@H]4C=C[C@@H]([C@@H]3C2=O)[C@H]2[C@H]3C(=O)N(c5sc6c(c5C#N)CCCC6)C(=O)[C@@H]3[C@H]42)sc2c1CCCC2. The molecule has 2 saturated carbocycles. The molecule has 2 bridgehead atoms. The number of hydrogen-bond donors (Lipinski definition) is 0. The Morgan fingerprint density at radius 1 is 0.595 bits per heavy atom. The minimum atomic E-state index is -0.582. The molecule has 42 heavy (non-hydrogen) atoms. The Morgan fingerprint density at radius 3 is 1.38 bits per heavy atom. The van der Waals surface area contributed by atoms with E-state index in [0.29, 0.717) is 21.1 Å². The fraction of sp³-hybridized carbons (Fsp3) is 0.500. The summed E-state index contributed by atoms with van der Waals surface area (Å²) in [6, 6.07) is 4.59. The van der Waals surface area contributed by atoms with Gasteiger partial charge in [0.2, 0.25) is 23.6 Å². The van der Waals surface area contributed by atoms with E-state index in [9.17, 15) is 29.7 Å². The average Bonchev–Trinajstić information content (AvgIpc) is 3.67. The van der Waals surface area contributed by atoms with Gasteiger partial charge in [0, 0.05) is 9.75 Å². The molecule has 2 aromatic rings. The van der Waals surface area contributed by atoms with Crippen molar-refractivity contribution in [3.63, 3.8) is 0 Å². The van der Waals surface area contributed by atoms with Crippen LogP contribution < -0.4 is 9.80 Å². The molecule has 8 nitrogen and oxygen atoms in total. The molecule has 0 radical (unpaired) electrons. The zero-order valence-corrected chi connectivity index (χ0v) is 24.3. The van der Waals surface area contributed by atoms with E-state index in [4.69, 9.17) is 0 Å². The zero-order chi connectivity index (χ0) is 28.6. The monoisotopic (exact) mass is 594 g/mol. The molecule has 8 atom stereocenters. The largest absolute Gasteiger partial charge is 0.274 e. The third kappa shape index (κ3) is 2.81. The van der Waals surface area contributed by atoms with Crippen molar-refractivity contribution in [2.45, 2.75) is 51.4 Å². The first-order valence-corrected chi connectivity index (χ1v) is 16.6. The van der Waals surface area contributed by atoms with Gasteiger partial charge in [0.1, 0.15) is 22.1 Å². The number of fused-ring (bicyclic) bond motifs is 3. The molecule has 8 aliphatic rings. The van der Waals surface area contributed by atoms with Gasteiger partial charge in [-0.05, 0) is 86.2 Å². The molecule has 10 rings (SSSR count). The standard InChI is InChI=1S/C32H26N4O4S2/c33-11-17-13-5-1-3-7-19(13)41-31(17)35-27(37)23-15-9-10-16(24(23)28(35)38)22-21(15)25-26(22)30(40)36(29(25)39)32-18(12-34)14-6-2-4-8-20(14)42-32/h9-10,15-16,21-26H,1-8H2/t15-,16+,21-,22-,23+,24-,25-,26-/m1/s1. The van der Waals surface area contributed by atoms with E-state index in [2.05, 4.69) is 12.1 Å². The van der Waals surface area contributed by atoms with E-state index in [1.54, 1.807) is 0 Å². The van der Waals surface area contributed by atoms with Crippen molar-refractivity contribution in [3.8, 4) is 12.1 Å². The highest BCUT2D eigenvalue weighted by atomic mass is 32.1. The average molecular weight is 595 g/mol. The number of aryl methyl sites for hydroxylation is 2. The molecule has 10 heteroatoms. The Labute approximate surface area is 250 Å². The Morgan fingerprint density at radius 2 is 0.976 bits per heavy atom. The van der Waals surface area contributed by atoms with Gasteiger partial charge in [0.05, 0.1) is 34.8 Å². The lowest BCUT2D eigenvalue weighted by molar-refractivity contribution is -0.166. The van der Waals surface area contributed by atoms with Crippen LogP contribution in [0.1, 0.15) is 57.7 Å². The Kier molecular flexibility index (Phi) is 5.04. The minimum Gasteiger partial charge on any atom is -0.274 e. The van der Waals surface area contributed by atoms with Crippen molar-refractivity contribution >= 4 is 56.3 Å². The molecule has 4 fully saturated rings. The third-order valence-electron chi connectivity index (χ3n) is 11.3. The van der Waals surface area contributed by atoms with Gasteiger partial charge in [-0.3, -0.25) is 19.2 Å². The van der Waals surface area contributed by atoms with Gasteiger partial charge >= 0.3 is 0 Å². The molecule has 0 unspecified atom stereocenters. The summed E-state index contributed by atoms with van der Waals surface area (Å²) in [5, 5.41) is 21.0. The van der Waals surface area contributed by atoms with E-state index in [1.807, 2.05) is 12.2 Å². The van der Waals surface area contributed by atoms with Gasteiger partial charge in [0.15, 0.2) is 0 Å². The number of thiophene rings is 2. The van der Waals surface area contributed by atoms with E-state index in [1.165, 1.54) is 32.5 Å². The number of allylic oxidation sites excluding steroid dienone is 2. The van der Waals surface area contributed by atoms with Gasteiger partial charge in [0.25, 0.3) is 0 Å². The maximum Gasteiger partial charge on any atom is 0.239 e. The summed E-state index contributed by atoms with van der Waals surface area (Å²) in [7, 11) is 0. The number of carbonyl (C=O) groups is 4. The number of nitrogens with zero attached hydrogens (tertiary/aromatic N) is 4. The quantitative estimate of drug-likeness (QED) is 0.378. The number of anilines is 2. The molecule has 6 aliphatic carbocycles. The predicted octanol–water partition coefficient (Wildman–Crippen LogP) is 4.28. The lowest BCUT2D eigenvalue weighted by Gasteiger charge is -2.60. The molecule has 0 N–H and O–H groups in total. The molecule has 2 aliphatic heterocycles. The summed E-state index contributed by atoms with van der Waals surface area (Å²) in [6.07, 6.45) is 11.4. The maximum atomic E-state index is 14.1. The minimum absolute atomic E-state index is 0.184. The highest BCUT2D eigenvalue weighted by Crippen LogP contribution is 2.69. The number of amides is 4. The lowest BCUT2D eigenvalue weighted by atomic mass is 9.40. The Balaban J connectivity index is 1.08. The number of imide groups is 2. The van der Waals surface area contributed by atoms with Crippen LogP contribution in [0, 0.1) is 70.0 Å². The Hall–Kier alpha value is -3.60. The molecule has 0 aromatic carbocycles. The van der Waals surface area contributed by atoms with E-state index in [-0.39, 0.29) is 47.3 Å². The normalized spacial score (nSPS) is 35.3. The van der Waals surface area contributed by atoms with Crippen LogP contribution in [0.2, 0.25) is 0 Å². The first-order chi connectivity index (χ1) is 20.5. The molecule has 2 aromatic heterocycles. The highest BCUT2D eigenvalue weighted by Gasteiger charge is 2.75. The topological polar surface area (TPSA) is 122 Å². The maximum absolute atomic E-state index is 14.1. The van der Waals surface area contributed by atoms with Crippen molar-refractivity contribution < 1.29 is 19.2 Å². The van der Waals surface area contributed by atoms with Gasteiger partial charge < -0.3 is 0 Å². The van der Waals surface area contributed by atoms with Crippen LogP contribution in [-0.2, 0) is 44.9 Å². The first kappa shape index (κ1) is 24.9. The second-order valence-corrected chi connectivity index (χ2v) is 15.0. The second kappa shape index (κ2) is 8.49. The Bertz CT molecular complexity index is 1730. The highest BCUT2D eigenvalue weighted by molar-refractivity contribution is 7.17. The molecule has 4 heterocycles. The van der Waals surface area contributed by atoms with Gasteiger partial charge in [-0.2, -0.15) is 10.5 Å². The lowest BCUT2D eigenvalue weighted by Crippen LogP contribution is -2.63. The summed E-state index contributed by atoms with van der Waals surface area (Å²) >= 11 is 2.82. The van der Waals surface area contributed by atoms with Crippen LogP contribution in [-0.4, -0.2) is 23.6 Å². The molecular formula is C32H26N4O4S2.